The lowest BCUT2D eigenvalue weighted by Gasteiger charge is -2.20. The fourth-order valence-electron chi connectivity index (χ4n) is 1.69. The molecule has 1 aromatic carbocycles. The Hall–Kier alpha value is -1.67. The zero-order valence-electron chi connectivity index (χ0n) is 12.3. The summed E-state index contributed by atoms with van der Waals surface area (Å²) in [4.78, 5) is 11.0. The van der Waals surface area contributed by atoms with Crippen molar-refractivity contribution in [2.24, 2.45) is 5.92 Å². The summed E-state index contributed by atoms with van der Waals surface area (Å²) in [5.41, 5.74) is 6.19. The van der Waals surface area contributed by atoms with Crippen molar-refractivity contribution in [1.82, 2.24) is 4.72 Å². The number of esters is 1. The van der Waals surface area contributed by atoms with Gasteiger partial charge in [0, 0.05) is 5.69 Å². The van der Waals surface area contributed by atoms with E-state index in [-0.39, 0.29) is 11.6 Å². The number of nitrogen functional groups attached to an aromatic ring is 1. The first-order valence-corrected chi connectivity index (χ1v) is 7.74. The maximum Gasteiger partial charge on any atom is 0.324 e. The van der Waals surface area contributed by atoms with E-state index in [1.54, 1.807) is 20.8 Å². The summed E-state index contributed by atoms with van der Waals surface area (Å²) in [5.74, 6) is -2.03. The Morgan fingerprint density at radius 1 is 1.38 bits per heavy atom. The molecule has 0 aliphatic heterocycles. The van der Waals surface area contributed by atoms with Gasteiger partial charge in [-0.25, -0.2) is 12.8 Å². The van der Waals surface area contributed by atoms with Gasteiger partial charge >= 0.3 is 5.97 Å². The third kappa shape index (κ3) is 3.92. The first-order chi connectivity index (χ1) is 9.60. The monoisotopic (exact) mass is 318 g/mol. The second-order valence-electron chi connectivity index (χ2n) is 5.01. The molecule has 1 aromatic rings. The van der Waals surface area contributed by atoms with Crippen LogP contribution in [0.3, 0.4) is 0 Å². The van der Waals surface area contributed by atoms with E-state index in [9.17, 15) is 17.6 Å². The van der Waals surface area contributed by atoms with E-state index in [0.29, 0.717) is 5.56 Å². The van der Waals surface area contributed by atoms with Gasteiger partial charge in [-0.1, -0.05) is 13.8 Å². The molecule has 21 heavy (non-hydrogen) atoms. The van der Waals surface area contributed by atoms with E-state index in [0.717, 1.165) is 19.2 Å². The molecule has 0 spiro atoms. The Kier molecular flexibility index (Phi) is 5.30. The molecule has 6 nitrogen and oxygen atoms in total. The zero-order valence-corrected chi connectivity index (χ0v) is 13.1. The lowest BCUT2D eigenvalue weighted by molar-refractivity contribution is -0.143. The standard InChI is InChI=1S/C13H19FN2O4S/c1-7(2)12(13(17)20-4)16-21(18,19)11-6-10(15)8(3)5-9(11)14/h5-7,12,16H,15H2,1-4H3. The molecule has 0 heterocycles. The van der Waals surface area contributed by atoms with Gasteiger partial charge in [0.2, 0.25) is 10.0 Å². The lowest BCUT2D eigenvalue weighted by Crippen LogP contribution is -2.45. The molecule has 8 heteroatoms. The van der Waals surface area contributed by atoms with Crippen LogP contribution in [0.4, 0.5) is 10.1 Å². The van der Waals surface area contributed by atoms with Crippen LogP contribution in [0.5, 0.6) is 0 Å². The largest absolute Gasteiger partial charge is 0.468 e. The predicted molar refractivity (Wildman–Crippen MR) is 76.5 cm³/mol. The number of benzene rings is 1. The fraction of sp³-hybridized carbons (Fsp3) is 0.462. The molecule has 0 fully saturated rings. The van der Waals surface area contributed by atoms with Crippen LogP contribution < -0.4 is 10.5 Å². The van der Waals surface area contributed by atoms with E-state index in [2.05, 4.69) is 9.46 Å². The van der Waals surface area contributed by atoms with Gasteiger partial charge in [-0.3, -0.25) is 4.79 Å². The lowest BCUT2D eigenvalue weighted by atomic mass is 10.1. The third-order valence-electron chi connectivity index (χ3n) is 3.01. The molecule has 0 bridgehead atoms. The molecule has 0 aliphatic rings. The van der Waals surface area contributed by atoms with E-state index < -0.39 is 32.7 Å². The molecule has 0 aromatic heterocycles. The van der Waals surface area contributed by atoms with E-state index in [4.69, 9.17) is 5.73 Å². The van der Waals surface area contributed by atoms with Crippen LogP contribution >= 0.6 is 0 Å². The molecule has 1 atom stereocenters. The number of rotatable bonds is 5. The van der Waals surface area contributed by atoms with Gasteiger partial charge in [0.25, 0.3) is 0 Å². The van der Waals surface area contributed by atoms with Crippen LogP contribution in [0.25, 0.3) is 0 Å². The summed E-state index contributed by atoms with van der Waals surface area (Å²) in [5, 5.41) is 0. The predicted octanol–water partition coefficient (Wildman–Crippen LogP) is 1.19. The van der Waals surface area contributed by atoms with Crippen molar-refractivity contribution in [3.05, 3.63) is 23.5 Å². The molecule has 1 unspecified atom stereocenters. The Morgan fingerprint density at radius 2 is 1.95 bits per heavy atom. The second-order valence-corrected chi connectivity index (χ2v) is 6.69. The van der Waals surface area contributed by atoms with Crippen LogP contribution in [0.2, 0.25) is 0 Å². The number of anilines is 1. The van der Waals surface area contributed by atoms with Crippen molar-refractivity contribution in [3.63, 3.8) is 0 Å². The summed E-state index contributed by atoms with van der Waals surface area (Å²) in [7, 11) is -3.09. The highest BCUT2D eigenvalue weighted by molar-refractivity contribution is 7.89. The molecular weight excluding hydrogens is 299 g/mol. The Bertz CT molecular complexity index is 644. The van der Waals surface area contributed by atoms with Crippen LogP contribution in [-0.2, 0) is 19.6 Å². The van der Waals surface area contributed by atoms with Crippen LogP contribution in [-0.4, -0.2) is 27.5 Å². The fourth-order valence-corrected chi connectivity index (χ4v) is 3.12. The maximum atomic E-state index is 13.9. The zero-order chi connectivity index (χ0) is 16.4. The second kappa shape index (κ2) is 6.40. The molecule has 118 valence electrons. The normalized spacial score (nSPS) is 13.2. The quantitative estimate of drug-likeness (QED) is 0.628. The molecular formula is C13H19FN2O4S. The smallest absolute Gasteiger partial charge is 0.324 e. The van der Waals surface area contributed by atoms with Gasteiger partial charge in [-0.05, 0) is 30.5 Å². The average Bonchev–Trinajstić information content (AvgIpc) is 2.38. The summed E-state index contributed by atoms with van der Waals surface area (Å²) < 4.78 is 45.0. The Labute approximate surface area is 123 Å². The highest BCUT2D eigenvalue weighted by Crippen LogP contribution is 2.22. The number of carbonyl (C=O) groups excluding carboxylic acids is 1. The van der Waals surface area contributed by atoms with E-state index >= 15 is 0 Å². The summed E-state index contributed by atoms with van der Waals surface area (Å²) in [6.45, 7) is 4.85. The Balaban J connectivity index is 3.23. The number of hydrogen-bond acceptors (Lipinski definition) is 5. The van der Waals surface area contributed by atoms with Crippen molar-refractivity contribution in [2.45, 2.75) is 31.7 Å². The first-order valence-electron chi connectivity index (χ1n) is 6.26. The van der Waals surface area contributed by atoms with Gasteiger partial charge in [0.15, 0.2) is 0 Å². The van der Waals surface area contributed by atoms with Crippen molar-refractivity contribution in [1.29, 1.82) is 0 Å². The summed E-state index contributed by atoms with van der Waals surface area (Å²) in [6.07, 6.45) is 0. The van der Waals surface area contributed by atoms with Gasteiger partial charge in [-0.15, -0.1) is 0 Å². The number of ether oxygens (including phenoxy) is 1. The number of nitrogens with two attached hydrogens (primary N) is 1. The number of nitrogens with one attached hydrogen (secondary N) is 1. The number of halogens is 1. The molecule has 0 saturated heterocycles. The molecule has 0 radical (unpaired) electrons. The summed E-state index contributed by atoms with van der Waals surface area (Å²) in [6, 6.07) is 0.954. The van der Waals surface area contributed by atoms with Gasteiger partial charge in [0.05, 0.1) is 7.11 Å². The van der Waals surface area contributed by atoms with Gasteiger partial charge in [-0.2, -0.15) is 4.72 Å². The highest BCUT2D eigenvalue weighted by Gasteiger charge is 2.30. The van der Waals surface area contributed by atoms with Crippen LogP contribution in [0.15, 0.2) is 17.0 Å². The third-order valence-corrected chi connectivity index (χ3v) is 4.47. The van der Waals surface area contributed by atoms with Crippen molar-refractivity contribution < 1.29 is 22.3 Å². The highest BCUT2D eigenvalue weighted by atomic mass is 32.2. The summed E-state index contributed by atoms with van der Waals surface area (Å²) >= 11 is 0. The molecule has 0 saturated carbocycles. The number of aryl methyl sites for hydroxylation is 1. The van der Waals surface area contributed by atoms with E-state index in [1.807, 2.05) is 0 Å². The minimum atomic E-state index is -4.24. The topological polar surface area (TPSA) is 98.5 Å². The number of hydrogen-bond donors (Lipinski definition) is 2. The van der Waals surface area contributed by atoms with Crippen molar-refractivity contribution >= 4 is 21.7 Å². The van der Waals surface area contributed by atoms with Crippen molar-refractivity contribution in [2.75, 3.05) is 12.8 Å². The SMILES string of the molecule is COC(=O)C(NS(=O)(=O)c1cc(N)c(C)cc1F)C(C)C. The van der Waals surface area contributed by atoms with Gasteiger partial charge < -0.3 is 10.5 Å². The average molecular weight is 318 g/mol. The Morgan fingerprint density at radius 3 is 2.43 bits per heavy atom. The molecule has 0 amide bonds. The van der Waals surface area contributed by atoms with Crippen molar-refractivity contribution in [3.8, 4) is 0 Å². The number of methoxy groups -OCH3 is 1. The molecule has 3 N–H and O–H groups in total. The van der Waals surface area contributed by atoms with Gasteiger partial charge in [0.1, 0.15) is 16.8 Å². The molecule has 0 aliphatic carbocycles. The minimum absolute atomic E-state index is 0.149. The molecule has 1 rings (SSSR count). The minimum Gasteiger partial charge on any atom is -0.468 e. The number of carbonyl (C=O) groups is 1. The number of sulfonamides is 1. The maximum absolute atomic E-state index is 13.9. The van der Waals surface area contributed by atoms with Crippen LogP contribution in [0.1, 0.15) is 19.4 Å². The van der Waals surface area contributed by atoms with Crippen LogP contribution in [0, 0.1) is 18.7 Å². The first kappa shape index (κ1) is 17.4. The van der Waals surface area contributed by atoms with E-state index in [1.165, 1.54) is 0 Å².